The lowest BCUT2D eigenvalue weighted by Gasteiger charge is -2.26. The Morgan fingerprint density at radius 2 is 2.24 bits per heavy atom. The van der Waals surface area contributed by atoms with E-state index in [4.69, 9.17) is 4.74 Å². The molecule has 3 nitrogen and oxygen atoms in total. The molecular formula is C14H24N2O. The highest BCUT2D eigenvalue weighted by atomic mass is 16.5. The van der Waals surface area contributed by atoms with Crippen molar-refractivity contribution >= 4 is 0 Å². The van der Waals surface area contributed by atoms with Crippen LogP contribution in [0.4, 0.5) is 0 Å². The molecule has 1 rings (SSSR count). The first-order valence-electron chi connectivity index (χ1n) is 6.27. The third kappa shape index (κ3) is 4.84. The fourth-order valence-corrected chi connectivity index (χ4v) is 1.81. The van der Waals surface area contributed by atoms with E-state index in [-0.39, 0.29) is 5.60 Å². The Labute approximate surface area is 105 Å². The molecular weight excluding hydrogens is 212 g/mol. The van der Waals surface area contributed by atoms with Crippen LogP contribution in [-0.4, -0.2) is 24.2 Å². The minimum absolute atomic E-state index is 0.0596. The summed E-state index contributed by atoms with van der Waals surface area (Å²) >= 11 is 0. The normalized spacial score (nSPS) is 13.6. The predicted octanol–water partition coefficient (Wildman–Crippen LogP) is 2.94. The van der Waals surface area contributed by atoms with Crippen LogP contribution in [0.1, 0.15) is 45.2 Å². The van der Waals surface area contributed by atoms with Gasteiger partial charge in [0.15, 0.2) is 0 Å². The summed E-state index contributed by atoms with van der Waals surface area (Å²) in [7, 11) is 1.77. The Morgan fingerprint density at radius 1 is 1.47 bits per heavy atom. The smallest absolute Gasteiger partial charge is 0.0623 e. The molecule has 96 valence electrons. The highest BCUT2D eigenvalue weighted by Crippen LogP contribution is 2.23. The first-order chi connectivity index (χ1) is 8.09. The van der Waals surface area contributed by atoms with Crippen molar-refractivity contribution in [1.82, 2.24) is 10.3 Å². The van der Waals surface area contributed by atoms with E-state index < -0.39 is 0 Å². The zero-order valence-electron chi connectivity index (χ0n) is 11.4. The Balaban J connectivity index is 2.61. The SMILES string of the molecule is CCNC(CCC(C)(C)OC)c1cccnc1. The Bertz CT molecular complexity index is 311. The standard InChI is InChI=1S/C14H24N2O/c1-5-16-13(8-9-14(2,3)17-4)12-7-6-10-15-11-12/h6-7,10-11,13,16H,5,8-9H2,1-4H3. The van der Waals surface area contributed by atoms with E-state index in [0.717, 1.165) is 19.4 Å². The van der Waals surface area contributed by atoms with Crippen molar-refractivity contribution < 1.29 is 4.74 Å². The van der Waals surface area contributed by atoms with Crippen LogP contribution in [0.3, 0.4) is 0 Å². The van der Waals surface area contributed by atoms with Gasteiger partial charge in [0.2, 0.25) is 0 Å². The van der Waals surface area contributed by atoms with E-state index in [1.807, 2.05) is 18.5 Å². The maximum Gasteiger partial charge on any atom is 0.0623 e. The summed E-state index contributed by atoms with van der Waals surface area (Å²) in [6.45, 7) is 7.34. The molecule has 0 aliphatic heterocycles. The lowest BCUT2D eigenvalue weighted by atomic mass is 9.95. The molecule has 0 saturated heterocycles. The molecule has 0 aliphatic rings. The van der Waals surface area contributed by atoms with Crippen LogP contribution in [0.15, 0.2) is 24.5 Å². The minimum Gasteiger partial charge on any atom is -0.379 e. The molecule has 0 aliphatic carbocycles. The van der Waals surface area contributed by atoms with Gasteiger partial charge in [-0.25, -0.2) is 0 Å². The van der Waals surface area contributed by atoms with Crippen LogP contribution >= 0.6 is 0 Å². The first-order valence-corrected chi connectivity index (χ1v) is 6.27. The van der Waals surface area contributed by atoms with E-state index in [0.29, 0.717) is 6.04 Å². The van der Waals surface area contributed by atoms with Gasteiger partial charge in [-0.2, -0.15) is 0 Å². The molecule has 3 heteroatoms. The number of nitrogens with zero attached hydrogens (tertiary/aromatic N) is 1. The highest BCUT2D eigenvalue weighted by Gasteiger charge is 2.19. The van der Waals surface area contributed by atoms with Crippen LogP contribution in [0, 0.1) is 0 Å². The third-order valence-corrected chi connectivity index (χ3v) is 3.12. The van der Waals surface area contributed by atoms with Gasteiger partial charge >= 0.3 is 0 Å². The molecule has 0 aromatic carbocycles. The zero-order chi connectivity index (χ0) is 12.7. The lowest BCUT2D eigenvalue weighted by molar-refractivity contribution is 0.0117. The van der Waals surface area contributed by atoms with E-state index >= 15 is 0 Å². The average Bonchev–Trinajstić information content (AvgIpc) is 2.35. The quantitative estimate of drug-likeness (QED) is 0.790. The second-order valence-corrected chi connectivity index (χ2v) is 4.90. The Morgan fingerprint density at radius 3 is 2.76 bits per heavy atom. The summed E-state index contributed by atoms with van der Waals surface area (Å²) in [6, 6.07) is 4.48. The second kappa shape index (κ2) is 6.72. The van der Waals surface area contributed by atoms with Gasteiger partial charge in [0, 0.05) is 25.5 Å². The van der Waals surface area contributed by atoms with Crippen molar-refractivity contribution in [3.63, 3.8) is 0 Å². The topological polar surface area (TPSA) is 34.1 Å². The van der Waals surface area contributed by atoms with Crippen molar-refractivity contribution in [2.75, 3.05) is 13.7 Å². The molecule has 1 atom stereocenters. The number of methoxy groups -OCH3 is 1. The van der Waals surface area contributed by atoms with Crippen LogP contribution in [-0.2, 0) is 4.74 Å². The Hall–Kier alpha value is -0.930. The molecule has 0 saturated carbocycles. The molecule has 1 aromatic heterocycles. The van der Waals surface area contributed by atoms with Crippen molar-refractivity contribution in [2.24, 2.45) is 0 Å². The van der Waals surface area contributed by atoms with Gasteiger partial charge in [-0.1, -0.05) is 13.0 Å². The lowest BCUT2D eigenvalue weighted by Crippen LogP contribution is -2.27. The van der Waals surface area contributed by atoms with Crippen LogP contribution in [0.5, 0.6) is 0 Å². The number of hydrogen-bond donors (Lipinski definition) is 1. The molecule has 0 spiro atoms. The van der Waals surface area contributed by atoms with Crippen molar-refractivity contribution in [3.8, 4) is 0 Å². The number of ether oxygens (including phenoxy) is 1. The van der Waals surface area contributed by atoms with Gasteiger partial charge in [-0.15, -0.1) is 0 Å². The molecule has 0 bridgehead atoms. The molecule has 0 fully saturated rings. The maximum atomic E-state index is 5.46. The first kappa shape index (κ1) is 14.1. The number of nitrogens with one attached hydrogen (secondary N) is 1. The molecule has 1 aromatic rings. The van der Waals surface area contributed by atoms with Gasteiger partial charge in [-0.05, 0) is 44.9 Å². The molecule has 1 unspecified atom stereocenters. The van der Waals surface area contributed by atoms with Crippen molar-refractivity contribution in [1.29, 1.82) is 0 Å². The number of hydrogen-bond acceptors (Lipinski definition) is 3. The number of rotatable bonds is 7. The summed E-state index contributed by atoms with van der Waals surface area (Å²) in [6.07, 6.45) is 5.83. The highest BCUT2D eigenvalue weighted by molar-refractivity contribution is 5.13. The summed E-state index contributed by atoms with van der Waals surface area (Å²) < 4.78 is 5.46. The monoisotopic (exact) mass is 236 g/mol. The summed E-state index contributed by atoms with van der Waals surface area (Å²) in [4.78, 5) is 4.18. The summed E-state index contributed by atoms with van der Waals surface area (Å²) in [5.41, 5.74) is 1.19. The second-order valence-electron chi connectivity index (χ2n) is 4.90. The Kier molecular flexibility index (Phi) is 5.59. The van der Waals surface area contributed by atoms with E-state index in [2.05, 4.69) is 37.1 Å². The molecule has 1 heterocycles. The fourth-order valence-electron chi connectivity index (χ4n) is 1.81. The van der Waals surface area contributed by atoms with E-state index in [9.17, 15) is 0 Å². The molecule has 0 amide bonds. The average molecular weight is 236 g/mol. The van der Waals surface area contributed by atoms with Gasteiger partial charge in [0.25, 0.3) is 0 Å². The van der Waals surface area contributed by atoms with Gasteiger partial charge in [0.1, 0.15) is 0 Å². The van der Waals surface area contributed by atoms with Crippen LogP contribution in [0.2, 0.25) is 0 Å². The van der Waals surface area contributed by atoms with Crippen molar-refractivity contribution in [3.05, 3.63) is 30.1 Å². The third-order valence-electron chi connectivity index (χ3n) is 3.12. The van der Waals surface area contributed by atoms with E-state index in [1.165, 1.54) is 5.56 Å². The van der Waals surface area contributed by atoms with Crippen molar-refractivity contribution in [2.45, 2.75) is 45.3 Å². The fraction of sp³-hybridized carbons (Fsp3) is 0.643. The molecule has 1 N–H and O–H groups in total. The van der Waals surface area contributed by atoms with Gasteiger partial charge < -0.3 is 10.1 Å². The maximum absolute atomic E-state index is 5.46. The number of aromatic nitrogens is 1. The predicted molar refractivity (Wildman–Crippen MR) is 71.0 cm³/mol. The molecule has 0 radical (unpaired) electrons. The van der Waals surface area contributed by atoms with Gasteiger partial charge in [-0.3, -0.25) is 4.98 Å². The van der Waals surface area contributed by atoms with Crippen LogP contribution in [0.25, 0.3) is 0 Å². The summed E-state index contributed by atoms with van der Waals surface area (Å²) in [5, 5.41) is 3.50. The van der Waals surface area contributed by atoms with Crippen LogP contribution < -0.4 is 5.32 Å². The molecule has 17 heavy (non-hydrogen) atoms. The summed E-state index contributed by atoms with van der Waals surface area (Å²) in [5.74, 6) is 0. The minimum atomic E-state index is -0.0596. The zero-order valence-corrected chi connectivity index (χ0v) is 11.4. The largest absolute Gasteiger partial charge is 0.379 e. The van der Waals surface area contributed by atoms with Gasteiger partial charge in [0.05, 0.1) is 5.60 Å². The number of pyridine rings is 1. The van der Waals surface area contributed by atoms with E-state index in [1.54, 1.807) is 7.11 Å².